The predicted octanol–water partition coefficient (Wildman–Crippen LogP) is 9.23. The molecule has 0 rings (SSSR count). The second kappa shape index (κ2) is 28.4. The Bertz CT molecular complexity index is 555. The summed E-state index contributed by atoms with van der Waals surface area (Å²) in [6.45, 7) is 3.09. The first-order chi connectivity index (χ1) is 19.0. The molecule has 1 atom stereocenters. The Morgan fingerprint density at radius 3 is 1.00 bits per heavy atom. The number of carbonyl (C=O) groups excluding carboxylic acids is 2. The molecule has 0 bridgehead atoms. The molecule has 2 amide bonds. The van der Waals surface area contributed by atoms with Crippen molar-refractivity contribution >= 4 is 11.8 Å². The smallest absolute Gasteiger partial charge is 0.224 e. The first-order valence-corrected chi connectivity index (χ1v) is 17.3. The molecule has 0 aromatic carbocycles. The van der Waals surface area contributed by atoms with Gasteiger partial charge in [0.2, 0.25) is 11.8 Å². The molecular weight excluding hydrogens is 482 g/mol. The number of hydrogen-bond donors (Lipinski definition) is 3. The molecule has 5 heteroatoms. The molecule has 0 saturated carbocycles. The molecule has 0 aliphatic carbocycles. The third-order valence-corrected chi connectivity index (χ3v) is 8.65. The van der Waals surface area contributed by atoms with Crippen LogP contribution >= 0.6 is 0 Å². The fourth-order valence-electron chi connectivity index (χ4n) is 6.00. The van der Waals surface area contributed by atoms with E-state index in [2.05, 4.69) is 6.92 Å². The average Bonchev–Trinajstić information content (AvgIpc) is 2.90. The van der Waals surface area contributed by atoms with E-state index in [0.29, 0.717) is 12.8 Å². The second-order valence-corrected chi connectivity index (χ2v) is 12.4. The number of nitrogens with two attached hydrogens (primary N) is 3. The van der Waals surface area contributed by atoms with Gasteiger partial charge in [-0.05, 0) is 25.8 Å². The second-order valence-electron chi connectivity index (χ2n) is 12.4. The summed E-state index contributed by atoms with van der Waals surface area (Å²) < 4.78 is 0. The zero-order valence-corrected chi connectivity index (χ0v) is 26.3. The van der Waals surface area contributed by atoms with Crippen LogP contribution in [0.15, 0.2) is 0 Å². The van der Waals surface area contributed by atoms with E-state index in [4.69, 9.17) is 17.2 Å². The molecule has 0 saturated heterocycles. The van der Waals surface area contributed by atoms with Crippen molar-refractivity contribution in [3.63, 3.8) is 0 Å². The summed E-state index contributed by atoms with van der Waals surface area (Å²) in [5.74, 6) is -0.736. The van der Waals surface area contributed by atoms with Gasteiger partial charge in [0.15, 0.2) is 0 Å². The molecule has 39 heavy (non-hydrogen) atoms. The van der Waals surface area contributed by atoms with Gasteiger partial charge < -0.3 is 17.2 Å². The molecule has 0 radical (unpaired) electrons. The third-order valence-electron chi connectivity index (χ3n) is 8.65. The van der Waals surface area contributed by atoms with E-state index in [1.165, 1.54) is 135 Å². The Hall–Kier alpha value is -1.10. The van der Waals surface area contributed by atoms with Crippen molar-refractivity contribution in [1.82, 2.24) is 0 Å². The summed E-state index contributed by atoms with van der Waals surface area (Å²) in [5.41, 5.74) is 16.2. The minimum absolute atomic E-state index is 0.101. The van der Waals surface area contributed by atoms with Gasteiger partial charge in [-0.15, -0.1) is 0 Å². The standard InChI is InChI=1S/C34H69N3O2/c1-2-3-4-5-6-7-8-9-10-11-12-13-16-19-22-25-28-34(33(37)39,31-32(36)38)29-26-23-20-17-14-15-18-21-24-27-30-35/h2-31,35H2,1H3,(H2,36,38)(H2,37,39). The van der Waals surface area contributed by atoms with Crippen molar-refractivity contribution in [2.45, 2.75) is 193 Å². The van der Waals surface area contributed by atoms with Crippen molar-refractivity contribution in [2.75, 3.05) is 6.54 Å². The molecule has 0 aliphatic heterocycles. The van der Waals surface area contributed by atoms with E-state index in [9.17, 15) is 9.59 Å². The van der Waals surface area contributed by atoms with Gasteiger partial charge in [-0.25, -0.2) is 0 Å². The zero-order valence-electron chi connectivity index (χ0n) is 26.3. The normalized spacial score (nSPS) is 13.0. The van der Waals surface area contributed by atoms with Gasteiger partial charge in [0, 0.05) is 6.42 Å². The Kier molecular flexibility index (Phi) is 27.6. The van der Waals surface area contributed by atoms with E-state index in [-0.39, 0.29) is 12.3 Å². The van der Waals surface area contributed by atoms with Crippen LogP contribution < -0.4 is 17.2 Å². The lowest BCUT2D eigenvalue weighted by atomic mass is 9.74. The number of amides is 2. The van der Waals surface area contributed by atoms with Crippen LogP contribution in [-0.4, -0.2) is 18.4 Å². The van der Waals surface area contributed by atoms with Gasteiger partial charge in [-0.1, -0.05) is 167 Å². The van der Waals surface area contributed by atoms with Gasteiger partial charge in [-0.3, -0.25) is 9.59 Å². The van der Waals surface area contributed by atoms with E-state index in [0.717, 1.165) is 38.6 Å². The highest BCUT2D eigenvalue weighted by atomic mass is 16.2. The zero-order chi connectivity index (χ0) is 28.9. The maximum Gasteiger partial charge on any atom is 0.224 e. The predicted molar refractivity (Wildman–Crippen MR) is 169 cm³/mol. The van der Waals surface area contributed by atoms with Crippen LogP contribution in [0, 0.1) is 5.41 Å². The van der Waals surface area contributed by atoms with Crippen molar-refractivity contribution in [2.24, 2.45) is 22.6 Å². The monoisotopic (exact) mass is 552 g/mol. The van der Waals surface area contributed by atoms with E-state index in [1.807, 2.05) is 0 Å². The average molecular weight is 552 g/mol. The van der Waals surface area contributed by atoms with Crippen LogP contribution in [0.2, 0.25) is 0 Å². The number of carbonyl (C=O) groups is 2. The van der Waals surface area contributed by atoms with Gasteiger partial charge in [0.05, 0.1) is 5.41 Å². The number of hydrogen-bond acceptors (Lipinski definition) is 3. The van der Waals surface area contributed by atoms with Crippen LogP contribution in [-0.2, 0) is 9.59 Å². The molecule has 0 spiro atoms. The largest absolute Gasteiger partial charge is 0.370 e. The molecule has 0 aromatic heterocycles. The number of rotatable bonds is 32. The summed E-state index contributed by atoms with van der Waals surface area (Å²) in [5, 5.41) is 0. The van der Waals surface area contributed by atoms with Gasteiger partial charge in [0.1, 0.15) is 0 Å². The maximum absolute atomic E-state index is 12.5. The van der Waals surface area contributed by atoms with Crippen LogP contribution in [0.4, 0.5) is 0 Å². The summed E-state index contributed by atoms with van der Waals surface area (Å²) in [6, 6.07) is 0. The first-order valence-electron chi connectivity index (χ1n) is 17.3. The Morgan fingerprint density at radius 2 is 0.744 bits per heavy atom. The number of primary amides is 2. The minimum Gasteiger partial charge on any atom is -0.370 e. The highest BCUT2D eigenvalue weighted by molar-refractivity contribution is 5.87. The lowest BCUT2D eigenvalue weighted by Gasteiger charge is -2.29. The molecular formula is C34H69N3O2. The van der Waals surface area contributed by atoms with Gasteiger partial charge in [-0.2, -0.15) is 0 Å². The quantitative estimate of drug-likeness (QED) is 0.0724. The highest BCUT2D eigenvalue weighted by Crippen LogP contribution is 2.35. The minimum atomic E-state index is -0.745. The molecule has 0 fully saturated rings. The van der Waals surface area contributed by atoms with E-state index >= 15 is 0 Å². The summed E-state index contributed by atoms with van der Waals surface area (Å²) in [6.07, 6.45) is 34.8. The molecule has 0 heterocycles. The number of unbranched alkanes of at least 4 members (excludes halogenated alkanes) is 24. The first kappa shape index (κ1) is 37.9. The van der Waals surface area contributed by atoms with Gasteiger partial charge >= 0.3 is 0 Å². The van der Waals surface area contributed by atoms with Crippen LogP contribution in [0.5, 0.6) is 0 Å². The molecule has 232 valence electrons. The molecule has 6 N–H and O–H groups in total. The fraction of sp³-hybridized carbons (Fsp3) is 0.941. The Morgan fingerprint density at radius 1 is 0.462 bits per heavy atom. The summed E-state index contributed by atoms with van der Waals surface area (Å²) in [7, 11) is 0. The lowest BCUT2D eigenvalue weighted by Crippen LogP contribution is -2.40. The van der Waals surface area contributed by atoms with E-state index < -0.39 is 11.3 Å². The Labute approximate surface area is 243 Å². The third kappa shape index (κ3) is 24.4. The van der Waals surface area contributed by atoms with Crippen LogP contribution in [0.3, 0.4) is 0 Å². The van der Waals surface area contributed by atoms with Crippen LogP contribution in [0.25, 0.3) is 0 Å². The SMILES string of the molecule is CCCCCCCCCCCCCCCCCCC(CCCCCCCCCCCCN)(CC(N)=O)C(N)=O. The van der Waals surface area contributed by atoms with Crippen molar-refractivity contribution < 1.29 is 9.59 Å². The molecule has 5 nitrogen and oxygen atoms in total. The molecule has 0 aromatic rings. The Balaban J connectivity index is 3.92. The fourth-order valence-corrected chi connectivity index (χ4v) is 6.00. The highest BCUT2D eigenvalue weighted by Gasteiger charge is 2.37. The molecule has 1 unspecified atom stereocenters. The lowest BCUT2D eigenvalue weighted by molar-refractivity contribution is -0.134. The van der Waals surface area contributed by atoms with E-state index in [1.54, 1.807) is 0 Å². The van der Waals surface area contributed by atoms with Gasteiger partial charge in [0.25, 0.3) is 0 Å². The van der Waals surface area contributed by atoms with Crippen LogP contribution in [0.1, 0.15) is 193 Å². The summed E-state index contributed by atoms with van der Waals surface area (Å²) in [4.78, 5) is 24.3. The molecule has 0 aliphatic rings. The van der Waals surface area contributed by atoms with Crippen molar-refractivity contribution in [3.05, 3.63) is 0 Å². The van der Waals surface area contributed by atoms with Crippen molar-refractivity contribution in [1.29, 1.82) is 0 Å². The van der Waals surface area contributed by atoms with Crippen molar-refractivity contribution in [3.8, 4) is 0 Å². The maximum atomic E-state index is 12.5. The summed E-state index contributed by atoms with van der Waals surface area (Å²) >= 11 is 0. The topological polar surface area (TPSA) is 112 Å².